The Hall–Kier alpha value is -4.40. The van der Waals surface area contributed by atoms with Gasteiger partial charge in [0.2, 0.25) is 0 Å². The van der Waals surface area contributed by atoms with Gasteiger partial charge >= 0.3 is 12.1 Å². The lowest BCUT2D eigenvalue weighted by Gasteiger charge is -2.36. The number of anilines is 2. The molecule has 14 heteroatoms. The number of amides is 1. The Kier molecular flexibility index (Phi) is 6.36. The molecule has 2 aromatic carbocycles. The number of nitrogen functional groups attached to an aromatic ring is 1. The molecule has 2 heterocycles. The van der Waals surface area contributed by atoms with Gasteiger partial charge in [-0.05, 0) is 35.9 Å². The topological polar surface area (TPSA) is 163 Å². The standard InChI is InChI=1S/C26H19F4N5O4S/c1-39-24(38)21-18-17-13(4-5-15(31)20(17)40-21)25(33,22(36)19(18)32)12-3-2-10(8-14(12)27)23(37)35-16-9-11(6-7-34-16)26(28,29)30/h2-9,19H,31-33H2,1H3,(H,34,35,37). The SMILES string of the molecule is COC(=O)c1sc2c(N)ccc3c2c1C(N)C(=O)C3(N)c1ccc(C(=O)Nc2cc(C(F)(F)F)ccn2)cc1F. The predicted molar refractivity (Wildman–Crippen MR) is 138 cm³/mol. The molecule has 0 spiro atoms. The maximum atomic E-state index is 15.6. The lowest BCUT2D eigenvalue weighted by molar-refractivity contribution is -0.137. The number of thiophene rings is 1. The van der Waals surface area contributed by atoms with Crippen LogP contribution in [0.2, 0.25) is 0 Å². The van der Waals surface area contributed by atoms with E-state index in [0.29, 0.717) is 16.2 Å². The third-order valence-electron chi connectivity index (χ3n) is 6.67. The zero-order chi connectivity index (χ0) is 29.1. The molecule has 1 aliphatic rings. The molecule has 2 unspecified atom stereocenters. The number of Topliss-reactive ketones (excluding diaryl/α,β-unsaturated/α-hetero) is 1. The minimum Gasteiger partial charge on any atom is -0.465 e. The van der Waals surface area contributed by atoms with E-state index in [4.69, 9.17) is 21.9 Å². The van der Waals surface area contributed by atoms with E-state index in [1.165, 1.54) is 19.2 Å². The number of carbonyl (C=O) groups is 3. The van der Waals surface area contributed by atoms with E-state index in [1.54, 1.807) is 0 Å². The third kappa shape index (κ3) is 4.08. The highest BCUT2D eigenvalue weighted by Crippen LogP contribution is 2.50. The summed E-state index contributed by atoms with van der Waals surface area (Å²) in [7, 11) is 1.17. The number of pyridine rings is 1. The Balaban J connectivity index is 1.58. The van der Waals surface area contributed by atoms with Gasteiger partial charge in [-0.1, -0.05) is 12.1 Å². The molecule has 4 aromatic rings. The van der Waals surface area contributed by atoms with Crippen LogP contribution in [0.1, 0.15) is 48.3 Å². The van der Waals surface area contributed by atoms with Gasteiger partial charge in [0.25, 0.3) is 5.91 Å². The average Bonchev–Trinajstić information content (AvgIpc) is 3.32. The molecule has 0 bridgehead atoms. The smallest absolute Gasteiger partial charge is 0.416 e. The molecular weight excluding hydrogens is 554 g/mol. The summed E-state index contributed by atoms with van der Waals surface area (Å²) in [5.74, 6) is -3.95. The monoisotopic (exact) mass is 573 g/mol. The summed E-state index contributed by atoms with van der Waals surface area (Å²) in [6, 6.07) is 5.91. The molecule has 1 aliphatic carbocycles. The number of benzene rings is 2. The van der Waals surface area contributed by atoms with Crippen molar-refractivity contribution in [2.75, 3.05) is 18.2 Å². The van der Waals surface area contributed by atoms with Crippen LogP contribution in [0.4, 0.5) is 29.1 Å². The van der Waals surface area contributed by atoms with Crippen molar-refractivity contribution in [2.45, 2.75) is 17.8 Å². The minimum absolute atomic E-state index is 0.0650. The summed E-state index contributed by atoms with van der Waals surface area (Å²) < 4.78 is 59.8. The van der Waals surface area contributed by atoms with Gasteiger partial charge in [-0.2, -0.15) is 13.2 Å². The number of hydrogen-bond acceptors (Lipinski definition) is 9. The molecule has 7 N–H and O–H groups in total. The normalized spacial score (nSPS) is 18.6. The number of nitrogens with two attached hydrogens (primary N) is 3. The highest BCUT2D eigenvalue weighted by atomic mass is 32.1. The maximum absolute atomic E-state index is 15.6. The van der Waals surface area contributed by atoms with Crippen molar-refractivity contribution in [2.24, 2.45) is 11.5 Å². The van der Waals surface area contributed by atoms with Crippen LogP contribution in [-0.4, -0.2) is 29.8 Å². The van der Waals surface area contributed by atoms with E-state index >= 15 is 4.39 Å². The first-order chi connectivity index (χ1) is 18.8. The summed E-state index contributed by atoms with van der Waals surface area (Å²) in [5.41, 5.74) is 15.8. The quantitative estimate of drug-likeness (QED) is 0.162. The number of esters is 1. The Morgan fingerprint density at radius 3 is 2.48 bits per heavy atom. The van der Waals surface area contributed by atoms with E-state index in [9.17, 15) is 27.6 Å². The highest BCUT2D eigenvalue weighted by Gasteiger charge is 2.50. The largest absolute Gasteiger partial charge is 0.465 e. The average molecular weight is 574 g/mol. The molecule has 2 atom stereocenters. The van der Waals surface area contributed by atoms with Crippen molar-refractivity contribution in [1.82, 2.24) is 4.98 Å². The van der Waals surface area contributed by atoms with Gasteiger partial charge in [0.15, 0.2) is 5.78 Å². The molecule has 0 saturated carbocycles. The number of hydrogen-bond donors (Lipinski definition) is 4. The fourth-order valence-electron chi connectivity index (χ4n) is 4.74. The molecule has 9 nitrogen and oxygen atoms in total. The first-order valence-corrected chi connectivity index (χ1v) is 12.3. The van der Waals surface area contributed by atoms with E-state index < -0.39 is 52.6 Å². The van der Waals surface area contributed by atoms with Crippen molar-refractivity contribution < 1.29 is 36.7 Å². The number of ether oxygens (including phenoxy) is 1. The molecule has 0 radical (unpaired) electrons. The first-order valence-electron chi connectivity index (χ1n) is 11.5. The van der Waals surface area contributed by atoms with Crippen LogP contribution < -0.4 is 22.5 Å². The van der Waals surface area contributed by atoms with Gasteiger partial charge in [-0.3, -0.25) is 9.59 Å². The summed E-state index contributed by atoms with van der Waals surface area (Å²) in [4.78, 5) is 42.5. The molecule has 5 rings (SSSR count). The van der Waals surface area contributed by atoms with Crippen molar-refractivity contribution in [3.63, 3.8) is 0 Å². The summed E-state index contributed by atoms with van der Waals surface area (Å²) in [6.07, 6.45) is -3.79. The molecule has 0 aliphatic heterocycles. The zero-order valence-corrected chi connectivity index (χ0v) is 21.2. The van der Waals surface area contributed by atoms with E-state index in [-0.39, 0.29) is 32.8 Å². The van der Waals surface area contributed by atoms with Crippen LogP contribution >= 0.6 is 11.3 Å². The molecule has 2 aromatic heterocycles. The van der Waals surface area contributed by atoms with Crippen molar-refractivity contribution >= 4 is 50.6 Å². The Labute approximate surface area is 226 Å². The molecule has 0 fully saturated rings. The van der Waals surface area contributed by atoms with Crippen molar-refractivity contribution in [1.29, 1.82) is 0 Å². The number of methoxy groups -OCH3 is 1. The molecule has 0 saturated heterocycles. The van der Waals surface area contributed by atoms with Crippen LogP contribution in [0.25, 0.3) is 10.1 Å². The zero-order valence-electron chi connectivity index (χ0n) is 20.4. The number of nitrogens with zero attached hydrogens (tertiary/aromatic N) is 1. The Morgan fingerprint density at radius 2 is 1.82 bits per heavy atom. The Bertz CT molecular complexity index is 1740. The second-order valence-corrected chi connectivity index (χ2v) is 9.99. The number of ketones is 1. The number of alkyl halides is 3. The van der Waals surface area contributed by atoms with Crippen LogP contribution in [0.5, 0.6) is 0 Å². The summed E-state index contributed by atoms with van der Waals surface area (Å²) >= 11 is 0.967. The molecule has 1 amide bonds. The van der Waals surface area contributed by atoms with Gasteiger partial charge in [-0.25, -0.2) is 14.2 Å². The van der Waals surface area contributed by atoms with Crippen LogP contribution in [0.15, 0.2) is 48.7 Å². The van der Waals surface area contributed by atoms with Crippen molar-refractivity contribution in [3.05, 3.63) is 87.2 Å². The van der Waals surface area contributed by atoms with Gasteiger partial charge in [-0.15, -0.1) is 11.3 Å². The van der Waals surface area contributed by atoms with Gasteiger partial charge in [0.1, 0.15) is 22.1 Å². The molecular formula is C26H19F4N5O4S. The maximum Gasteiger partial charge on any atom is 0.416 e. The molecule has 206 valence electrons. The number of nitrogens with one attached hydrogen (secondary N) is 1. The van der Waals surface area contributed by atoms with Crippen LogP contribution in [-0.2, 0) is 21.2 Å². The summed E-state index contributed by atoms with van der Waals surface area (Å²) in [6.45, 7) is 0. The lowest BCUT2D eigenvalue weighted by Crippen LogP contribution is -2.53. The fourth-order valence-corrected chi connectivity index (χ4v) is 5.96. The predicted octanol–water partition coefficient (Wildman–Crippen LogP) is 3.86. The van der Waals surface area contributed by atoms with E-state index in [1.807, 2.05) is 0 Å². The third-order valence-corrected chi connectivity index (χ3v) is 7.90. The Morgan fingerprint density at radius 1 is 1.12 bits per heavy atom. The second kappa shape index (κ2) is 9.36. The van der Waals surface area contributed by atoms with E-state index in [2.05, 4.69) is 10.3 Å². The van der Waals surface area contributed by atoms with E-state index in [0.717, 1.165) is 41.8 Å². The second-order valence-electron chi connectivity index (χ2n) is 8.97. The van der Waals surface area contributed by atoms with Gasteiger partial charge < -0.3 is 27.3 Å². The number of halogens is 4. The fraction of sp³-hybridized carbons (Fsp3) is 0.154. The summed E-state index contributed by atoms with van der Waals surface area (Å²) in [5, 5.41) is 2.52. The van der Waals surface area contributed by atoms with Crippen LogP contribution in [0.3, 0.4) is 0 Å². The molecule has 40 heavy (non-hydrogen) atoms. The first kappa shape index (κ1) is 27.2. The minimum atomic E-state index is -4.66. The van der Waals surface area contributed by atoms with Crippen LogP contribution in [0, 0.1) is 5.82 Å². The number of aromatic nitrogens is 1. The van der Waals surface area contributed by atoms with Gasteiger partial charge in [0, 0.05) is 34.0 Å². The highest BCUT2D eigenvalue weighted by molar-refractivity contribution is 7.21. The van der Waals surface area contributed by atoms with Gasteiger partial charge in [0.05, 0.1) is 23.4 Å². The lowest BCUT2D eigenvalue weighted by atomic mass is 9.70. The number of carbonyl (C=O) groups excluding carboxylic acids is 3. The van der Waals surface area contributed by atoms with Crippen molar-refractivity contribution in [3.8, 4) is 0 Å². The number of rotatable bonds is 4.